The van der Waals surface area contributed by atoms with Crippen molar-refractivity contribution in [2.75, 3.05) is 7.05 Å². The minimum atomic E-state index is -1.10. The number of allylic oxidation sites excluding steroid dienone is 1. The SMILES string of the molecule is CN/C(=C(/O)C(=N)/C(=N/NC(=O)c1ccc(C(=O)O)cc1)c1ccccc1)c1ccc(C(C)(C)C)cc1. The molecule has 1 amide bonds. The van der Waals surface area contributed by atoms with E-state index in [2.05, 4.69) is 36.6 Å². The number of benzene rings is 3. The highest BCUT2D eigenvalue weighted by atomic mass is 16.4. The van der Waals surface area contributed by atoms with Crippen LogP contribution in [0.15, 0.2) is 89.7 Å². The van der Waals surface area contributed by atoms with Crippen LogP contribution in [0.1, 0.15) is 58.2 Å². The van der Waals surface area contributed by atoms with E-state index in [1.165, 1.54) is 24.3 Å². The molecule has 0 aliphatic heterocycles. The number of carbonyl (C=O) groups is 2. The van der Waals surface area contributed by atoms with Gasteiger partial charge in [-0.2, -0.15) is 5.10 Å². The topological polar surface area (TPSA) is 135 Å². The Balaban J connectivity index is 1.96. The maximum absolute atomic E-state index is 12.7. The van der Waals surface area contributed by atoms with E-state index in [1.54, 1.807) is 37.4 Å². The Kier molecular flexibility index (Phi) is 8.24. The van der Waals surface area contributed by atoms with Crippen LogP contribution >= 0.6 is 0 Å². The van der Waals surface area contributed by atoms with Gasteiger partial charge in [0.2, 0.25) is 0 Å². The number of nitrogens with zero attached hydrogens (tertiary/aromatic N) is 1. The molecular weight excluding hydrogens is 468 g/mol. The van der Waals surface area contributed by atoms with Crippen LogP contribution in [-0.4, -0.2) is 40.6 Å². The summed E-state index contributed by atoms with van der Waals surface area (Å²) in [6.45, 7) is 6.34. The van der Waals surface area contributed by atoms with Crippen molar-refractivity contribution in [1.82, 2.24) is 10.7 Å². The first kappa shape index (κ1) is 26.9. The highest BCUT2D eigenvalue weighted by Crippen LogP contribution is 2.25. The number of hydrogen-bond donors (Lipinski definition) is 5. The zero-order valence-corrected chi connectivity index (χ0v) is 21.2. The van der Waals surface area contributed by atoms with Crippen molar-refractivity contribution in [3.05, 3.63) is 112 Å². The molecule has 0 aliphatic carbocycles. The molecule has 0 saturated heterocycles. The molecule has 0 bridgehead atoms. The fourth-order valence-electron chi connectivity index (χ4n) is 3.57. The molecule has 37 heavy (non-hydrogen) atoms. The number of aliphatic hydroxyl groups is 1. The van der Waals surface area contributed by atoms with Crippen molar-refractivity contribution < 1.29 is 19.8 Å². The third-order valence-corrected chi connectivity index (χ3v) is 5.71. The Morgan fingerprint density at radius 1 is 0.784 bits per heavy atom. The molecule has 0 unspecified atom stereocenters. The first-order chi connectivity index (χ1) is 17.5. The molecule has 0 spiro atoms. The van der Waals surface area contributed by atoms with Gasteiger partial charge in [-0.25, -0.2) is 10.2 Å². The lowest BCUT2D eigenvalue weighted by molar-refractivity contribution is 0.0696. The summed E-state index contributed by atoms with van der Waals surface area (Å²) in [7, 11) is 1.65. The minimum absolute atomic E-state index is 0.0317. The molecule has 0 fully saturated rings. The number of carboxylic acids is 1. The van der Waals surface area contributed by atoms with Crippen LogP contribution in [0.5, 0.6) is 0 Å². The molecule has 3 aromatic rings. The normalized spacial score (nSPS) is 12.4. The van der Waals surface area contributed by atoms with Crippen molar-refractivity contribution in [2.24, 2.45) is 5.10 Å². The monoisotopic (exact) mass is 498 g/mol. The molecule has 0 atom stereocenters. The lowest BCUT2D eigenvalue weighted by Crippen LogP contribution is -2.26. The molecule has 5 N–H and O–H groups in total. The number of hydrogen-bond acceptors (Lipinski definition) is 6. The van der Waals surface area contributed by atoms with Crippen LogP contribution in [0.4, 0.5) is 0 Å². The van der Waals surface area contributed by atoms with E-state index in [4.69, 9.17) is 10.5 Å². The average molecular weight is 499 g/mol. The summed E-state index contributed by atoms with van der Waals surface area (Å²) >= 11 is 0. The van der Waals surface area contributed by atoms with Crippen LogP contribution in [-0.2, 0) is 5.41 Å². The van der Waals surface area contributed by atoms with E-state index >= 15 is 0 Å². The summed E-state index contributed by atoms with van der Waals surface area (Å²) in [4.78, 5) is 23.7. The second kappa shape index (κ2) is 11.3. The number of carbonyl (C=O) groups excluding carboxylic acids is 1. The Hall–Kier alpha value is -4.72. The van der Waals surface area contributed by atoms with Gasteiger partial charge in [-0.15, -0.1) is 0 Å². The van der Waals surface area contributed by atoms with Gasteiger partial charge in [-0.1, -0.05) is 75.4 Å². The average Bonchev–Trinajstić information content (AvgIpc) is 2.89. The van der Waals surface area contributed by atoms with Gasteiger partial charge >= 0.3 is 5.97 Å². The lowest BCUT2D eigenvalue weighted by atomic mass is 9.86. The van der Waals surface area contributed by atoms with Crippen molar-refractivity contribution >= 4 is 29.0 Å². The van der Waals surface area contributed by atoms with Crippen molar-refractivity contribution in [2.45, 2.75) is 26.2 Å². The first-order valence-electron chi connectivity index (χ1n) is 11.6. The molecule has 0 radical (unpaired) electrons. The van der Waals surface area contributed by atoms with Gasteiger partial charge in [0.05, 0.1) is 11.3 Å². The second-order valence-corrected chi connectivity index (χ2v) is 9.33. The molecule has 3 rings (SSSR count). The van der Waals surface area contributed by atoms with Gasteiger partial charge in [0.15, 0.2) is 5.76 Å². The molecule has 8 heteroatoms. The first-order valence-corrected chi connectivity index (χ1v) is 11.6. The smallest absolute Gasteiger partial charge is 0.335 e. The van der Waals surface area contributed by atoms with Gasteiger partial charge in [-0.05, 0) is 35.2 Å². The minimum Gasteiger partial charge on any atom is -0.504 e. The fraction of sp³-hybridized carbons (Fsp3) is 0.172. The number of hydrazone groups is 1. The molecule has 3 aromatic carbocycles. The Labute approximate surface area is 215 Å². The highest BCUT2D eigenvalue weighted by Gasteiger charge is 2.21. The summed E-state index contributed by atoms with van der Waals surface area (Å²) < 4.78 is 0. The van der Waals surface area contributed by atoms with Crippen molar-refractivity contribution in [1.29, 1.82) is 5.41 Å². The Bertz CT molecular complexity index is 1350. The fourth-order valence-corrected chi connectivity index (χ4v) is 3.57. The van der Waals surface area contributed by atoms with Crippen LogP contribution in [0.3, 0.4) is 0 Å². The van der Waals surface area contributed by atoms with Gasteiger partial charge in [0.25, 0.3) is 5.91 Å². The zero-order chi connectivity index (χ0) is 27.2. The highest BCUT2D eigenvalue weighted by molar-refractivity contribution is 6.52. The standard InChI is InChI=1S/C29H30N4O4/c1-29(2,3)22-16-14-19(15-17-22)25(31-4)26(34)23(30)24(18-8-6-5-7-9-18)32-33-27(35)20-10-12-21(13-11-20)28(36)37/h5-17,30-31,34H,1-4H3,(H,33,35)(H,36,37)/b26-25+,30-23?,32-24+. The predicted molar refractivity (Wildman–Crippen MR) is 145 cm³/mol. The Morgan fingerprint density at radius 3 is 1.84 bits per heavy atom. The quantitative estimate of drug-likeness (QED) is 0.170. The summed E-state index contributed by atoms with van der Waals surface area (Å²) in [6, 6.07) is 21.8. The molecule has 0 heterocycles. The number of amides is 1. The molecule has 190 valence electrons. The molecule has 0 aliphatic rings. The van der Waals surface area contributed by atoms with Gasteiger partial charge in [-0.3, -0.25) is 10.2 Å². The molecule has 8 nitrogen and oxygen atoms in total. The third kappa shape index (κ3) is 6.49. The molecule has 0 aromatic heterocycles. The number of aliphatic hydroxyl groups excluding tert-OH is 1. The number of nitrogens with one attached hydrogen (secondary N) is 3. The predicted octanol–water partition coefficient (Wildman–Crippen LogP) is 4.98. The maximum Gasteiger partial charge on any atom is 0.335 e. The number of rotatable bonds is 8. The maximum atomic E-state index is 12.7. The van der Waals surface area contributed by atoms with E-state index in [-0.39, 0.29) is 33.7 Å². The molecular formula is C29H30N4O4. The summed E-state index contributed by atoms with van der Waals surface area (Å²) in [5, 5.41) is 36.0. The van der Waals surface area contributed by atoms with Crippen molar-refractivity contribution in [3.63, 3.8) is 0 Å². The lowest BCUT2D eigenvalue weighted by Gasteiger charge is -2.20. The summed E-state index contributed by atoms with van der Waals surface area (Å²) in [6.07, 6.45) is 0. The largest absolute Gasteiger partial charge is 0.504 e. The van der Waals surface area contributed by atoms with E-state index in [0.717, 1.165) is 5.56 Å². The van der Waals surface area contributed by atoms with Crippen LogP contribution in [0.25, 0.3) is 5.70 Å². The Morgan fingerprint density at radius 2 is 1.32 bits per heavy atom. The van der Waals surface area contributed by atoms with E-state index < -0.39 is 11.9 Å². The zero-order valence-electron chi connectivity index (χ0n) is 21.2. The number of aromatic carboxylic acids is 1. The molecule has 0 saturated carbocycles. The van der Waals surface area contributed by atoms with Crippen LogP contribution < -0.4 is 10.7 Å². The third-order valence-electron chi connectivity index (χ3n) is 5.71. The van der Waals surface area contributed by atoms with Gasteiger partial charge < -0.3 is 15.5 Å². The summed E-state index contributed by atoms with van der Waals surface area (Å²) in [5.41, 5.74) is 5.05. The van der Waals surface area contributed by atoms with Gasteiger partial charge in [0, 0.05) is 23.7 Å². The van der Waals surface area contributed by atoms with E-state index in [0.29, 0.717) is 16.8 Å². The number of carboxylic acid groups (broad SMARTS) is 1. The van der Waals surface area contributed by atoms with Crippen molar-refractivity contribution in [3.8, 4) is 0 Å². The second-order valence-electron chi connectivity index (χ2n) is 9.33. The van der Waals surface area contributed by atoms with Crippen LogP contribution in [0, 0.1) is 5.41 Å². The van der Waals surface area contributed by atoms with E-state index in [9.17, 15) is 14.7 Å². The van der Waals surface area contributed by atoms with E-state index in [1.807, 2.05) is 24.3 Å². The van der Waals surface area contributed by atoms with Gasteiger partial charge in [0.1, 0.15) is 11.4 Å². The summed E-state index contributed by atoms with van der Waals surface area (Å²) in [5.74, 6) is -2.03. The van der Waals surface area contributed by atoms with Crippen LogP contribution in [0.2, 0.25) is 0 Å².